The molecule has 5 heteroatoms. The molecule has 4 nitrogen and oxygen atoms in total. The largest absolute Gasteiger partial charge is 0.394 e. The molecule has 0 atom stereocenters. The molecule has 0 spiro atoms. The van der Waals surface area contributed by atoms with Crippen molar-refractivity contribution in [2.75, 3.05) is 5.73 Å². The number of nitrogens with two attached hydrogens (primary N) is 1. The van der Waals surface area contributed by atoms with E-state index < -0.39 is 0 Å². The van der Waals surface area contributed by atoms with E-state index in [9.17, 15) is 0 Å². The van der Waals surface area contributed by atoms with E-state index in [1.807, 2.05) is 13.1 Å². The Kier molecular flexibility index (Phi) is 1.95. The van der Waals surface area contributed by atoms with Crippen LogP contribution in [0.4, 0.5) is 5.69 Å². The quantitative estimate of drug-likeness (QED) is 0.825. The molecule has 0 aliphatic carbocycles. The molecule has 0 radical (unpaired) electrons. The minimum Gasteiger partial charge on any atom is -0.394 e. The summed E-state index contributed by atoms with van der Waals surface area (Å²) in [6, 6.07) is 0. The number of anilines is 1. The second-order valence-corrected chi connectivity index (χ2v) is 3.67. The Hall–Kier alpha value is -1.10. The van der Waals surface area contributed by atoms with Gasteiger partial charge in [-0.1, -0.05) is 6.92 Å². The Bertz CT molecular complexity index is 449. The Balaban J connectivity index is 2.76. The third-order valence-electron chi connectivity index (χ3n) is 1.89. The van der Waals surface area contributed by atoms with Crippen LogP contribution in [0.3, 0.4) is 0 Å². The number of nitrogens with zero attached hydrogens (tertiary/aromatic N) is 3. The van der Waals surface area contributed by atoms with E-state index in [0.717, 1.165) is 22.2 Å². The summed E-state index contributed by atoms with van der Waals surface area (Å²) in [5, 5.41) is 4.29. The highest BCUT2D eigenvalue weighted by molar-refractivity contribution is 9.10. The Labute approximate surface area is 83.9 Å². The summed E-state index contributed by atoms with van der Waals surface area (Å²) < 4.78 is 2.59. The molecule has 68 valence electrons. The van der Waals surface area contributed by atoms with Crippen LogP contribution in [0, 0.1) is 0 Å². The molecule has 13 heavy (non-hydrogen) atoms. The molecule has 0 unspecified atom stereocenters. The number of fused-ring (bicyclic) bond motifs is 1. The van der Waals surface area contributed by atoms with E-state index in [1.54, 1.807) is 10.7 Å². The van der Waals surface area contributed by atoms with Gasteiger partial charge in [0.1, 0.15) is 5.69 Å². The van der Waals surface area contributed by atoms with Gasteiger partial charge in [0.2, 0.25) is 0 Å². The van der Waals surface area contributed by atoms with E-state index in [2.05, 4.69) is 26.0 Å². The standard InChI is InChI=1S/C8H9BrN4/c1-2-6-7(10)8-11-3-5(9)4-13(8)12-6/h3-4H,2,10H2,1H3. The SMILES string of the molecule is CCc1nn2cc(Br)cnc2c1N. The van der Waals surface area contributed by atoms with Gasteiger partial charge in [-0.05, 0) is 22.4 Å². The predicted molar refractivity (Wildman–Crippen MR) is 54.5 cm³/mol. The molecule has 0 saturated carbocycles. The van der Waals surface area contributed by atoms with E-state index in [4.69, 9.17) is 5.73 Å². The Morgan fingerprint density at radius 3 is 3.08 bits per heavy atom. The molecule has 0 bridgehead atoms. The van der Waals surface area contributed by atoms with Gasteiger partial charge in [-0.15, -0.1) is 0 Å². The van der Waals surface area contributed by atoms with Crippen molar-refractivity contribution in [3.8, 4) is 0 Å². The zero-order valence-electron chi connectivity index (χ0n) is 7.16. The fraction of sp³-hybridized carbons (Fsp3) is 0.250. The van der Waals surface area contributed by atoms with Crippen LogP contribution in [0.2, 0.25) is 0 Å². The second kappa shape index (κ2) is 2.99. The monoisotopic (exact) mass is 240 g/mol. The van der Waals surface area contributed by atoms with Gasteiger partial charge < -0.3 is 5.73 Å². The average Bonchev–Trinajstić information content (AvgIpc) is 2.42. The van der Waals surface area contributed by atoms with Crippen molar-refractivity contribution in [3.05, 3.63) is 22.6 Å². The summed E-state index contributed by atoms with van der Waals surface area (Å²) >= 11 is 3.32. The van der Waals surface area contributed by atoms with Gasteiger partial charge >= 0.3 is 0 Å². The number of nitrogen functional groups attached to an aromatic ring is 1. The predicted octanol–water partition coefficient (Wildman–Crippen LogP) is 1.64. The highest BCUT2D eigenvalue weighted by atomic mass is 79.9. The normalized spacial score (nSPS) is 10.9. The van der Waals surface area contributed by atoms with Crippen LogP contribution in [0.15, 0.2) is 16.9 Å². The van der Waals surface area contributed by atoms with Crippen LogP contribution < -0.4 is 5.73 Å². The first-order valence-corrected chi connectivity index (χ1v) is 4.80. The number of rotatable bonds is 1. The van der Waals surface area contributed by atoms with Crippen LogP contribution in [-0.2, 0) is 6.42 Å². The molecule has 0 fully saturated rings. The molecule has 0 amide bonds. The highest BCUT2D eigenvalue weighted by Crippen LogP contribution is 2.18. The van der Waals surface area contributed by atoms with Gasteiger partial charge in [-0.2, -0.15) is 5.10 Å². The molecule has 0 aromatic carbocycles. The smallest absolute Gasteiger partial charge is 0.178 e. The van der Waals surface area contributed by atoms with Crippen LogP contribution in [0.25, 0.3) is 5.65 Å². The van der Waals surface area contributed by atoms with Crippen LogP contribution in [-0.4, -0.2) is 14.6 Å². The van der Waals surface area contributed by atoms with E-state index >= 15 is 0 Å². The summed E-state index contributed by atoms with van der Waals surface area (Å²) in [6.07, 6.45) is 4.39. The summed E-state index contributed by atoms with van der Waals surface area (Å²) in [5.41, 5.74) is 8.13. The average molecular weight is 241 g/mol. The van der Waals surface area contributed by atoms with Crippen molar-refractivity contribution >= 4 is 27.3 Å². The van der Waals surface area contributed by atoms with E-state index in [1.165, 1.54) is 0 Å². The third-order valence-corrected chi connectivity index (χ3v) is 2.30. The van der Waals surface area contributed by atoms with Gasteiger partial charge in [-0.3, -0.25) is 0 Å². The van der Waals surface area contributed by atoms with Gasteiger partial charge in [0.05, 0.1) is 10.2 Å². The highest BCUT2D eigenvalue weighted by Gasteiger charge is 2.08. The maximum absolute atomic E-state index is 5.84. The maximum atomic E-state index is 5.84. The molecule has 2 heterocycles. The topological polar surface area (TPSA) is 56.2 Å². The van der Waals surface area contributed by atoms with Gasteiger partial charge in [0.15, 0.2) is 5.65 Å². The van der Waals surface area contributed by atoms with Crippen LogP contribution in [0.1, 0.15) is 12.6 Å². The minimum absolute atomic E-state index is 0.676. The number of halogens is 1. The molecule has 2 aromatic rings. The lowest BCUT2D eigenvalue weighted by molar-refractivity contribution is 0.883. The van der Waals surface area contributed by atoms with Crippen molar-refractivity contribution in [2.24, 2.45) is 0 Å². The minimum atomic E-state index is 0.676. The first-order chi connectivity index (χ1) is 6.22. The van der Waals surface area contributed by atoms with Crippen LogP contribution >= 0.6 is 15.9 Å². The van der Waals surface area contributed by atoms with Crippen molar-refractivity contribution < 1.29 is 0 Å². The fourth-order valence-electron chi connectivity index (χ4n) is 1.24. The summed E-state index contributed by atoms with van der Waals surface area (Å²) in [4.78, 5) is 4.18. The van der Waals surface area contributed by atoms with E-state index in [0.29, 0.717) is 5.69 Å². The molecule has 0 saturated heterocycles. The number of hydrogen-bond acceptors (Lipinski definition) is 3. The Morgan fingerprint density at radius 1 is 1.62 bits per heavy atom. The van der Waals surface area contributed by atoms with Crippen molar-refractivity contribution in [1.82, 2.24) is 14.6 Å². The summed E-state index contributed by atoms with van der Waals surface area (Å²) in [5.74, 6) is 0. The lowest BCUT2D eigenvalue weighted by Crippen LogP contribution is -1.90. The number of aromatic nitrogens is 3. The molecular weight excluding hydrogens is 232 g/mol. The van der Waals surface area contributed by atoms with E-state index in [-0.39, 0.29) is 0 Å². The molecule has 2 aromatic heterocycles. The van der Waals surface area contributed by atoms with Gasteiger partial charge in [-0.25, -0.2) is 9.50 Å². The second-order valence-electron chi connectivity index (χ2n) is 2.75. The molecule has 0 aliphatic heterocycles. The van der Waals surface area contributed by atoms with Crippen molar-refractivity contribution in [1.29, 1.82) is 0 Å². The molecular formula is C8H9BrN4. The lowest BCUT2D eigenvalue weighted by Gasteiger charge is -1.92. The molecule has 0 aliphatic rings. The first-order valence-electron chi connectivity index (χ1n) is 4.00. The zero-order valence-corrected chi connectivity index (χ0v) is 8.74. The molecule has 2 rings (SSSR count). The zero-order chi connectivity index (χ0) is 9.42. The number of aryl methyl sites for hydroxylation is 1. The van der Waals surface area contributed by atoms with Crippen molar-refractivity contribution in [2.45, 2.75) is 13.3 Å². The fourth-order valence-corrected chi connectivity index (χ4v) is 1.53. The third kappa shape index (κ3) is 1.29. The van der Waals surface area contributed by atoms with Crippen molar-refractivity contribution in [3.63, 3.8) is 0 Å². The maximum Gasteiger partial charge on any atom is 0.178 e. The first kappa shape index (κ1) is 8.50. The van der Waals surface area contributed by atoms with Gasteiger partial charge in [0, 0.05) is 12.4 Å². The summed E-state index contributed by atoms with van der Waals surface area (Å²) in [7, 11) is 0. The molecule has 2 N–H and O–H groups in total. The van der Waals surface area contributed by atoms with Crippen LogP contribution in [0.5, 0.6) is 0 Å². The van der Waals surface area contributed by atoms with Gasteiger partial charge in [0.25, 0.3) is 0 Å². The number of hydrogen-bond donors (Lipinski definition) is 1. The lowest BCUT2D eigenvalue weighted by atomic mass is 10.3. The Morgan fingerprint density at radius 2 is 2.38 bits per heavy atom. The summed E-state index contributed by atoms with van der Waals surface area (Å²) in [6.45, 7) is 2.02.